The van der Waals surface area contributed by atoms with Gasteiger partial charge < -0.3 is 20.7 Å². The fraction of sp³-hybridized carbons (Fsp3) is 0.379. The van der Waals surface area contributed by atoms with E-state index in [2.05, 4.69) is 20.3 Å². The van der Waals surface area contributed by atoms with Crippen LogP contribution in [0.4, 0.5) is 16.4 Å². The van der Waals surface area contributed by atoms with E-state index in [1.165, 1.54) is 6.33 Å². The minimum absolute atomic E-state index is 0.106. The Kier molecular flexibility index (Phi) is 8.61. The Bertz CT molecular complexity index is 1460. The topological polar surface area (TPSA) is 141 Å². The van der Waals surface area contributed by atoms with Gasteiger partial charge in [0.1, 0.15) is 29.3 Å². The lowest BCUT2D eigenvalue weighted by molar-refractivity contribution is 0.0169. The summed E-state index contributed by atoms with van der Waals surface area (Å²) >= 11 is 0. The van der Waals surface area contributed by atoms with Gasteiger partial charge >= 0.3 is 6.09 Å². The van der Waals surface area contributed by atoms with Crippen LogP contribution in [0.1, 0.15) is 63.9 Å². The van der Waals surface area contributed by atoms with E-state index < -0.39 is 5.60 Å². The Hall–Kier alpha value is -4.54. The van der Waals surface area contributed by atoms with Gasteiger partial charge in [0.15, 0.2) is 5.65 Å². The number of hydrogen-bond donors (Lipinski definition) is 2. The molecule has 4 heterocycles. The van der Waals surface area contributed by atoms with Crippen molar-refractivity contribution in [2.24, 2.45) is 0 Å². The summed E-state index contributed by atoms with van der Waals surface area (Å²) in [5.74, 6) is 0.523. The molecule has 0 saturated carbocycles. The number of nitrogen functional groups attached to an aromatic ring is 1. The Morgan fingerprint density at radius 2 is 1.80 bits per heavy atom. The second kappa shape index (κ2) is 12.1. The zero-order valence-electron chi connectivity index (χ0n) is 23.6. The minimum atomic E-state index is -0.571. The number of carbonyl (C=O) groups is 2. The molecular weight excluding hydrogens is 508 g/mol. The number of hydrogen-bond acceptors (Lipinski definition) is 8. The van der Waals surface area contributed by atoms with Crippen molar-refractivity contribution in [1.29, 1.82) is 0 Å². The number of aromatic nitrogens is 5. The van der Waals surface area contributed by atoms with E-state index in [4.69, 9.17) is 15.6 Å². The van der Waals surface area contributed by atoms with Crippen LogP contribution in [0.5, 0.6) is 0 Å². The Morgan fingerprint density at radius 1 is 1.05 bits per heavy atom. The van der Waals surface area contributed by atoms with Crippen molar-refractivity contribution in [2.75, 3.05) is 24.1 Å². The molecule has 3 N–H and O–H groups in total. The van der Waals surface area contributed by atoms with E-state index in [-0.39, 0.29) is 18.0 Å². The molecule has 1 aromatic carbocycles. The summed E-state index contributed by atoms with van der Waals surface area (Å²) in [4.78, 5) is 39.9. The number of anilines is 2. The number of nitrogens with one attached hydrogen (secondary N) is 1. The van der Waals surface area contributed by atoms with E-state index in [1.807, 2.05) is 51.4 Å². The first-order valence-corrected chi connectivity index (χ1v) is 13.5. The van der Waals surface area contributed by atoms with Crippen LogP contribution >= 0.6 is 0 Å². The molecular formula is C29H36N8O3. The predicted octanol–water partition coefficient (Wildman–Crippen LogP) is 5.32. The fourth-order valence-corrected chi connectivity index (χ4v) is 4.50. The number of nitrogens with zero attached hydrogens (tertiary/aromatic N) is 6. The quantitative estimate of drug-likeness (QED) is 0.352. The van der Waals surface area contributed by atoms with Gasteiger partial charge in [0.25, 0.3) is 5.91 Å². The zero-order valence-corrected chi connectivity index (χ0v) is 23.6. The Balaban J connectivity index is 0.00000181. The number of carbonyl (C=O) groups excluding carboxylic acids is 2. The zero-order chi connectivity index (χ0) is 28.9. The first-order valence-electron chi connectivity index (χ1n) is 13.5. The third-order valence-electron chi connectivity index (χ3n) is 6.24. The largest absolute Gasteiger partial charge is 0.444 e. The van der Waals surface area contributed by atoms with Crippen LogP contribution in [0.15, 0.2) is 55.0 Å². The molecule has 1 atom stereocenters. The molecule has 40 heavy (non-hydrogen) atoms. The molecule has 0 radical (unpaired) electrons. The number of amides is 2. The molecule has 11 heteroatoms. The highest BCUT2D eigenvalue weighted by Crippen LogP contribution is 2.34. The normalized spacial score (nSPS) is 15.2. The molecule has 11 nitrogen and oxygen atoms in total. The van der Waals surface area contributed by atoms with Crippen molar-refractivity contribution in [3.8, 4) is 11.3 Å². The summed E-state index contributed by atoms with van der Waals surface area (Å²) in [5.41, 5.74) is 8.17. The highest BCUT2D eigenvalue weighted by molar-refractivity contribution is 6.04. The molecule has 210 valence electrons. The predicted molar refractivity (Wildman–Crippen MR) is 155 cm³/mol. The maximum absolute atomic E-state index is 12.7. The number of rotatable bonds is 4. The molecule has 0 aliphatic carbocycles. The van der Waals surface area contributed by atoms with Gasteiger partial charge in [0.05, 0.1) is 11.4 Å². The van der Waals surface area contributed by atoms with Crippen molar-refractivity contribution in [2.45, 2.75) is 59.1 Å². The minimum Gasteiger partial charge on any atom is -0.444 e. The molecule has 0 bridgehead atoms. The summed E-state index contributed by atoms with van der Waals surface area (Å²) in [7, 11) is 0. The molecule has 1 aliphatic rings. The average molecular weight is 545 g/mol. The lowest BCUT2D eigenvalue weighted by Crippen LogP contribution is -2.43. The van der Waals surface area contributed by atoms with Crippen LogP contribution in [-0.2, 0) is 4.74 Å². The van der Waals surface area contributed by atoms with Gasteiger partial charge in [-0.25, -0.2) is 24.4 Å². The molecule has 3 aromatic heterocycles. The molecule has 1 unspecified atom stereocenters. The van der Waals surface area contributed by atoms with Crippen molar-refractivity contribution >= 4 is 34.7 Å². The molecule has 0 spiro atoms. The highest BCUT2D eigenvalue weighted by Gasteiger charge is 2.31. The summed E-state index contributed by atoms with van der Waals surface area (Å²) in [6.45, 7) is 10.6. The van der Waals surface area contributed by atoms with Gasteiger partial charge in [0.2, 0.25) is 0 Å². The van der Waals surface area contributed by atoms with Crippen molar-refractivity contribution in [3.05, 3.63) is 60.6 Å². The van der Waals surface area contributed by atoms with Gasteiger partial charge in [-0.2, -0.15) is 5.10 Å². The summed E-state index contributed by atoms with van der Waals surface area (Å²) in [6.07, 6.45) is 4.32. The number of benzene rings is 1. The maximum Gasteiger partial charge on any atom is 0.410 e. The average Bonchev–Trinajstić information content (AvgIpc) is 3.35. The first-order chi connectivity index (χ1) is 19.2. The number of likely N-dealkylation sites (tertiary alicyclic amines) is 1. The molecule has 1 fully saturated rings. The van der Waals surface area contributed by atoms with Gasteiger partial charge in [-0.05, 0) is 57.9 Å². The second-order valence-corrected chi connectivity index (χ2v) is 10.2. The molecule has 5 rings (SSSR count). The molecule has 1 aliphatic heterocycles. The first kappa shape index (κ1) is 28.5. The standard InChI is InChI=1S/C27H30N8O3.C2H6/c1-27(2,3)38-26(37)34-14-6-7-19(15-34)35-24-21(23(28)30-16-31-24)22(33-35)17-9-11-18(12-10-17)25(36)32-20-8-4-5-13-29-20;1-2/h4-5,8-13,16,19H,6-7,14-15H2,1-3H3,(H2,28,30,31)(H,29,32,36);1-2H3. The van der Waals surface area contributed by atoms with Gasteiger partial charge in [-0.15, -0.1) is 0 Å². The summed E-state index contributed by atoms with van der Waals surface area (Å²) < 4.78 is 7.42. The van der Waals surface area contributed by atoms with Crippen LogP contribution < -0.4 is 11.1 Å². The van der Waals surface area contributed by atoms with E-state index in [0.29, 0.717) is 47.0 Å². The Labute approximate surface area is 233 Å². The maximum atomic E-state index is 12.7. The van der Waals surface area contributed by atoms with Crippen molar-refractivity contribution in [3.63, 3.8) is 0 Å². The van der Waals surface area contributed by atoms with E-state index >= 15 is 0 Å². The van der Waals surface area contributed by atoms with E-state index in [0.717, 1.165) is 18.4 Å². The van der Waals surface area contributed by atoms with Gasteiger partial charge in [-0.1, -0.05) is 32.0 Å². The summed E-state index contributed by atoms with van der Waals surface area (Å²) in [5, 5.41) is 8.31. The number of ether oxygens (including phenoxy) is 1. The lowest BCUT2D eigenvalue weighted by atomic mass is 10.1. The van der Waals surface area contributed by atoms with E-state index in [1.54, 1.807) is 41.4 Å². The smallest absolute Gasteiger partial charge is 0.410 e. The van der Waals surface area contributed by atoms with Gasteiger partial charge in [-0.3, -0.25) is 4.79 Å². The van der Waals surface area contributed by atoms with Gasteiger partial charge in [0, 0.05) is 30.4 Å². The molecule has 2 amide bonds. The third-order valence-corrected chi connectivity index (χ3v) is 6.24. The number of nitrogens with two attached hydrogens (primary N) is 1. The molecule has 4 aromatic rings. The summed E-state index contributed by atoms with van der Waals surface area (Å²) in [6, 6.07) is 12.3. The van der Waals surface area contributed by atoms with E-state index in [9.17, 15) is 9.59 Å². The number of fused-ring (bicyclic) bond motifs is 1. The third kappa shape index (κ3) is 6.36. The SMILES string of the molecule is CC.CC(C)(C)OC(=O)N1CCCC(n2nc(-c3ccc(C(=O)Nc4ccccn4)cc3)c3c(N)ncnc32)C1. The monoisotopic (exact) mass is 544 g/mol. The fourth-order valence-electron chi connectivity index (χ4n) is 4.50. The van der Waals surface area contributed by atoms with Crippen LogP contribution in [0.2, 0.25) is 0 Å². The van der Waals surface area contributed by atoms with Crippen LogP contribution in [0.25, 0.3) is 22.3 Å². The molecule has 1 saturated heterocycles. The Morgan fingerprint density at radius 3 is 2.48 bits per heavy atom. The van der Waals surface area contributed by atoms with Crippen molar-refractivity contribution < 1.29 is 14.3 Å². The van der Waals surface area contributed by atoms with Crippen LogP contribution in [0, 0.1) is 0 Å². The highest BCUT2D eigenvalue weighted by atomic mass is 16.6. The number of piperidine rings is 1. The second-order valence-electron chi connectivity index (χ2n) is 10.2. The lowest BCUT2D eigenvalue weighted by Gasteiger charge is -2.34. The van der Waals surface area contributed by atoms with Crippen LogP contribution in [0.3, 0.4) is 0 Å². The number of pyridine rings is 1. The van der Waals surface area contributed by atoms with Crippen LogP contribution in [-0.4, -0.2) is 60.3 Å². The van der Waals surface area contributed by atoms with Crippen molar-refractivity contribution in [1.82, 2.24) is 29.6 Å².